The van der Waals surface area contributed by atoms with Gasteiger partial charge in [-0.3, -0.25) is 4.79 Å². The lowest BCUT2D eigenvalue weighted by atomic mass is 10.2. The molecule has 1 aliphatic heterocycles. The van der Waals surface area contributed by atoms with Gasteiger partial charge in [-0.2, -0.15) is 0 Å². The lowest BCUT2D eigenvalue weighted by molar-refractivity contribution is -0.117. The highest BCUT2D eigenvalue weighted by molar-refractivity contribution is 9.10. The van der Waals surface area contributed by atoms with Gasteiger partial charge in [-0.05, 0) is 25.1 Å². The second-order valence-electron chi connectivity index (χ2n) is 3.44. The van der Waals surface area contributed by atoms with E-state index >= 15 is 0 Å². The van der Waals surface area contributed by atoms with Gasteiger partial charge in [0, 0.05) is 16.9 Å². The molecule has 3 nitrogen and oxygen atoms in total. The molecule has 0 bridgehead atoms. The fourth-order valence-electron chi connectivity index (χ4n) is 1.52. The monoisotopic (exact) mass is 254 g/mol. The second-order valence-corrected chi connectivity index (χ2v) is 4.36. The van der Waals surface area contributed by atoms with Gasteiger partial charge in [0.1, 0.15) is 0 Å². The van der Waals surface area contributed by atoms with Crippen LogP contribution < -0.4 is 10.4 Å². The van der Waals surface area contributed by atoms with Crippen LogP contribution in [0, 0.1) is 0 Å². The smallest absolute Gasteiger partial charge is 0.242 e. The van der Waals surface area contributed by atoms with Gasteiger partial charge in [-0.15, -0.1) is 0 Å². The number of carbonyl (C=O) groups is 1. The van der Waals surface area contributed by atoms with E-state index in [0.717, 1.165) is 10.2 Å². The molecule has 0 aromatic heterocycles. The summed E-state index contributed by atoms with van der Waals surface area (Å²) in [6, 6.07) is 7.91. The third-order valence-corrected chi connectivity index (χ3v) is 2.64. The highest BCUT2D eigenvalue weighted by Crippen LogP contribution is 2.22. The van der Waals surface area contributed by atoms with Crippen LogP contribution in [0.1, 0.15) is 13.3 Å². The number of carbonyl (C=O) groups excluding carboxylic acids is 1. The van der Waals surface area contributed by atoms with Gasteiger partial charge in [-0.25, -0.2) is 10.4 Å². The van der Waals surface area contributed by atoms with Crippen LogP contribution in [-0.4, -0.2) is 11.9 Å². The Morgan fingerprint density at radius 3 is 2.93 bits per heavy atom. The van der Waals surface area contributed by atoms with Crippen LogP contribution >= 0.6 is 15.9 Å². The van der Waals surface area contributed by atoms with Crippen molar-refractivity contribution in [2.45, 2.75) is 19.4 Å². The molecule has 0 aliphatic carbocycles. The SMILES string of the molecule is CC1CC(=O)N(c2cccc(Br)c2)N1. The highest BCUT2D eigenvalue weighted by atomic mass is 79.9. The zero-order valence-corrected chi connectivity index (χ0v) is 9.41. The third-order valence-electron chi connectivity index (χ3n) is 2.15. The summed E-state index contributed by atoms with van der Waals surface area (Å²) in [4.78, 5) is 11.5. The molecule has 1 aliphatic rings. The normalized spacial score (nSPS) is 21.7. The van der Waals surface area contributed by atoms with Gasteiger partial charge in [0.05, 0.1) is 5.69 Å². The summed E-state index contributed by atoms with van der Waals surface area (Å²) in [5.41, 5.74) is 3.99. The van der Waals surface area contributed by atoms with Crippen LogP contribution in [-0.2, 0) is 4.79 Å². The van der Waals surface area contributed by atoms with Gasteiger partial charge < -0.3 is 0 Å². The minimum atomic E-state index is 0.121. The van der Waals surface area contributed by atoms with E-state index in [-0.39, 0.29) is 11.9 Å². The van der Waals surface area contributed by atoms with Crippen molar-refractivity contribution in [2.75, 3.05) is 5.01 Å². The first-order valence-electron chi connectivity index (χ1n) is 4.51. The molecular formula is C10H11BrN2O. The number of benzene rings is 1. The molecule has 1 aromatic carbocycles. The van der Waals surface area contributed by atoms with Crippen molar-refractivity contribution < 1.29 is 4.79 Å². The fraction of sp³-hybridized carbons (Fsp3) is 0.300. The molecule has 1 aromatic rings. The number of hydrogen-bond acceptors (Lipinski definition) is 2. The number of hydrogen-bond donors (Lipinski definition) is 1. The van der Waals surface area contributed by atoms with E-state index in [0.29, 0.717) is 6.42 Å². The molecule has 4 heteroatoms. The Morgan fingerprint density at radius 1 is 1.57 bits per heavy atom. The molecule has 1 heterocycles. The van der Waals surface area contributed by atoms with Crippen molar-refractivity contribution in [3.05, 3.63) is 28.7 Å². The first-order valence-corrected chi connectivity index (χ1v) is 5.31. The average molecular weight is 255 g/mol. The van der Waals surface area contributed by atoms with E-state index in [1.807, 2.05) is 31.2 Å². The van der Waals surface area contributed by atoms with Crippen LogP contribution in [0.5, 0.6) is 0 Å². The molecule has 1 saturated heterocycles. The fourth-order valence-corrected chi connectivity index (χ4v) is 1.91. The van der Waals surface area contributed by atoms with E-state index in [1.165, 1.54) is 0 Å². The van der Waals surface area contributed by atoms with Crippen LogP contribution in [0.15, 0.2) is 28.7 Å². The molecule has 0 radical (unpaired) electrons. The number of nitrogens with zero attached hydrogens (tertiary/aromatic N) is 1. The molecule has 1 amide bonds. The molecule has 74 valence electrons. The van der Waals surface area contributed by atoms with Crippen molar-refractivity contribution in [2.24, 2.45) is 0 Å². The zero-order valence-electron chi connectivity index (χ0n) is 7.83. The predicted molar refractivity (Wildman–Crippen MR) is 58.8 cm³/mol. The average Bonchev–Trinajstić information content (AvgIpc) is 2.45. The van der Waals surface area contributed by atoms with E-state index < -0.39 is 0 Å². The molecule has 1 fully saturated rings. The molecule has 1 atom stereocenters. The Hall–Kier alpha value is -0.870. The second kappa shape index (κ2) is 3.71. The standard InChI is InChI=1S/C10H11BrN2O/c1-7-5-10(14)13(12-7)9-4-2-3-8(11)6-9/h2-4,6-7,12H,5H2,1H3. The Balaban J connectivity index is 2.27. The first kappa shape index (κ1) is 9.68. The molecular weight excluding hydrogens is 244 g/mol. The Morgan fingerprint density at radius 2 is 2.36 bits per heavy atom. The lowest BCUT2D eigenvalue weighted by Crippen LogP contribution is -2.36. The van der Waals surface area contributed by atoms with Crippen molar-refractivity contribution in [3.63, 3.8) is 0 Å². The van der Waals surface area contributed by atoms with Gasteiger partial charge in [0.2, 0.25) is 5.91 Å². The summed E-state index contributed by atoms with van der Waals surface area (Å²) in [6.07, 6.45) is 0.562. The Kier molecular flexibility index (Phi) is 2.56. The van der Waals surface area contributed by atoms with E-state index in [1.54, 1.807) is 5.01 Å². The molecule has 14 heavy (non-hydrogen) atoms. The van der Waals surface area contributed by atoms with Crippen molar-refractivity contribution in [1.82, 2.24) is 5.43 Å². The topological polar surface area (TPSA) is 32.3 Å². The Bertz CT molecular complexity index is 367. The summed E-state index contributed by atoms with van der Waals surface area (Å²) in [5.74, 6) is 0.121. The van der Waals surface area contributed by atoms with Crippen LogP contribution in [0.2, 0.25) is 0 Å². The molecule has 0 saturated carbocycles. The number of amides is 1. The number of anilines is 1. The van der Waals surface area contributed by atoms with Gasteiger partial charge in [0.15, 0.2) is 0 Å². The summed E-state index contributed by atoms with van der Waals surface area (Å²) in [5, 5.41) is 1.61. The van der Waals surface area contributed by atoms with Crippen molar-refractivity contribution in [3.8, 4) is 0 Å². The molecule has 1 N–H and O–H groups in total. The maximum Gasteiger partial charge on any atom is 0.242 e. The summed E-state index contributed by atoms with van der Waals surface area (Å²) in [7, 11) is 0. The van der Waals surface area contributed by atoms with Crippen LogP contribution in [0.4, 0.5) is 5.69 Å². The van der Waals surface area contributed by atoms with Gasteiger partial charge in [0.25, 0.3) is 0 Å². The number of hydrazine groups is 1. The predicted octanol–water partition coefficient (Wildman–Crippen LogP) is 2.08. The van der Waals surface area contributed by atoms with Gasteiger partial charge >= 0.3 is 0 Å². The van der Waals surface area contributed by atoms with Gasteiger partial charge in [-0.1, -0.05) is 22.0 Å². The number of rotatable bonds is 1. The van der Waals surface area contributed by atoms with Crippen molar-refractivity contribution in [1.29, 1.82) is 0 Å². The minimum absolute atomic E-state index is 0.121. The minimum Gasteiger partial charge on any atom is -0.273 e. The molecule has 1 unspecified atom stereocenters. The van der Waals surface area contributed by atoms with Crippen molar-refractivity contribution >= 4 is 27.5 Å². The first-order chi connectivity index (χ1) is 6.66. The molecule has 0 spiro atoms. The maximum atomic E-state index is 11.5. The quantitative estimate of drug-likeness (QED) is 0.833. The molecule has 2 rings (SSSR count). The highest BCUT2D eigenvalue weighted by Gasteiger charge is 2.26. The Labute approximate surface area is 91.2 Å². The van der Waals surface area contributed by atoms with E-state index in [2.05, 4.69) is 21.4 Å². The van der Waals surface area contributed by atoms with E-state index in [4.69, 9.17) is 0 Å². The summed E-state index contributed by atoms with van der Waals surface area (Å²) in [6.45, 7) is 2.00. The zero-order chi connectivity index (χ0) is 10.1. The van der Waals surface area contributed by atoms with E-state index in [9.17, 15) is 4.79 Å². The summed E-state index contributed by atoms with van der Waals surface area (Å²) < 4.78 is 0.976. The number of nitrogens with one attached hydrogen (secondary N) is 1. The third kappa shape index (κ3) is 1.81. The summed E-state index contributed by atoms with van der Waals surface area (Å²) >= 11 is 3.38. The van der Waals surface area contributed by atoms with Crippen LogP contribution in [0.25, 0.3) is 0 Å². The maximum absolute atomic E-state index is 11.5. The lowest BCUT2D eigenvalue weighted by Gasteiger charge is -2.16. The largest absolute Gasteiger partial charge is 0.273 e. The number of halogens is 1. The van der Waals surface area contributed by atoms with Crippen LogP contribution in [0.3, 0.4) is 0 Å².